The maximum absolute atomic E-state index is 12.2. The molecule has 9 heteroatoms. The first-order chi connectivity index (χ1) is 19.4. The molecule has 1 saturated heterocycles. The molecule has 0 spiro atoms. The summed E-state index contributed by atoms with van der Waals surface area (Å²) in [5.41, 5.74) is 3.32. The van der Waals surface area contributed by atoms with Crippen LogP contribution in [0.25, 0.3) is 11.4 Å². The van der Waals surface area contributed by atoms with Gasteiger partial charge < -0.3 is 19.9 Å². The Balaban J connectivity index is 0.000000298. The van der Waals surface area contributed by atoms with E-state index in [0.717, 1.165) is 30.5 Å². The number of anilines is 1. The molecule has 3 aromatic rings. The number of thiazole rings is 1. The number of carbonyl (C=O) groups is 2. The van der Waals surface area contributed by atoms with Gasteiger partial charge in [0.25, 0.3) is 5.91 Å². The molecule has 0 aliphatic carbocycles. The van der Waals surface area contributed by atoms with E-state index >= 15 is 0 Å². The average Bonchev–Trinajstić information content (AvgIpc) is 3.72. The molecule has 0 aromatic carbocycles. The number of carbonyl (C=O) groups excluding carboxylic acids is 2. The highest BCUT2D eigenvalue weighted by Crippen LogP contribution is 2.38. The lowest BCUT2D eigenvalue weighted by atomic mass is 9.78. The molecule has 41 heavy (non-hydrogen) atoms. The third kappa shape index (κ3) is 9.78. The van der Waals surface area contributed by atoms with Crippen LogP contribution in [0.2, 0.25) is 0 Å². The Kier molecular flexibility index (Phi) is 11.7. The van der Waals surface area contributed by atoms with Crippen LogP contribution in [0.1, 0.15) is 89.7 Å². The zero-order valence-corrected chi connectivity index (χ0v) is 26.6. The zero-order valence-electron chi connectivity index (χ0n) is 25.8. The molecule has 0 radical (unpaired) electrons. The molecule has 224 valence electrons. The molecule has 4 rings (SSSR count). The van der Waals surface area contributed by atoms with Crippen molar-refractivity contribution in [2.75, 3.05) is 25.1 Å². The van der Waals surface area contributed by atoms with Crippen molar-refractivity contribution in [3.63, 3.8) is 0 Å². The van der Waals surface area contributed by atoms with E-state index in [0.29, 0.717) is 21.8 Å². The minimum atomic E-state index is -0.332. The van der Waals surface area contributed by atoms with Gasteiger partial charge in [-0.25, -0.2) is 4.98 Å². The van der Waals surface area contributed by atoms with Crippen molar-refractivity contribution in [2.45, 2.75) is 86.1 Å². The second-order valence-electron chi connectivity index (χ2n) is 12.1. The number of pyridine rings is 1. The number of amides is 2. The van der Waals surface area contributed by atoms with Crippen LogP contribution in [-0.4, -0.2) is 46.1 Å². The van der Waals surface area contributed by atoms with Crippen LogP contribution in [0.3, 0.4) is 0 Å². The van der Waals surface area contributed by atoms with Crippen LogP contribution in [-0.2, 0) is 15.1 Å². The van der Waals surface area contributed by atoms with Gasteiger partial charge in [0.05, 0.1) is 24.4 Å². The molecule has 1 aliphatic heterocycles. The highest BCUT2D eigenvalue weighted by molar-refractivity contribution is 7.14. The van der Waals surface area contributed by atoms with E-state index in [4.69, 9.17) is 4.74 Å². The Bertz CT molecular complexity index is 1270. The van der Waals surface area contributed by atoms with Gasteiger partial charge in [-0.1, -0.05) is 39.7 Å². The largest absolute Gasteiger partial charge is 0.381 e. The van der Waals surface area contributed by atoms with Crippen molar-refractivity contribution >= 4 is 28.3 Å². The van der Waals surface area contributed by atoms with Gasteiger partial charge in [-0.3, -0.25) is 14.6 Å². The van der Waals surface area contributed by atoms with E-state index in [2.05, 4.69) is 62.1 Å². The van der Waals surface area contributed by atoms with Gasteiger partial charge in [-0.15, -0.1) is 11.3 Å². The smallest absolute Gasteiger partial charge is 0.253 e. The summed E-state index contributed by atoms with van der Waals surface area (Å²) >= 11 is 1.32. The van der Waals surface area contributed by atoms with E-state index in [1.54, 1.807) is 12.3 Å². The summed E-state index contributed by atoms with van der Waals surface area (Å²) in [4.78, 5) is 33.2. The first-order valence-electron chi connectivity index (χ1n) is 14.7. The van der Waals surface area contributed by atoms with Crippen molar-refractivity contribution < 1.29 is 14.3 Å². The summed E-state index contributed by atoms with van der Waals surface area (Å²) in [6.07, 6.45) is 10.3. The molecule has 1 fully saturated rings. The third-order valence-corrected chi connectivity index (χ3v) is 8.60. The van der Waals surface area contributed by atoms with Gasteiger partial charge in [-0.05, 0) is 76.5 Å². The maximum atomic E-state index is 12.2. The number of hydrogen-bond acceptors (Lipinski definition) is 6. The first kappa shape index (κ1) is 32.5. The number of nitrogens with zero attached hydrogens (tertiary/aromatic N) is 3. The summed E-state index contributed by atoms with van der Waals surface area (Å²) in [7, 11) is 0. The van der Waals surface area contributed by atoms with Crippen molar-refractivity contribution in [2.24, 2.45) is 11.3 Å². The van der Waals surface area contributed by atoms with Crippen molar-refractivity contribution in [3.8, 4) is 11.4 Å². The van der Waals surface area contributed by atoms with Crippen LogP contribution < -0.4 is 10.6 Å². The molecular weight excluding hydrogens is 534 g/mol. The Morgan fingerprint density at radius 1 is 1.17 bits per heavy atom. The summed E-state index contributed by atoms with van der Waals surface area (Å²) in [5.74, 6) is 0.271. The molecule has 0 saturated carbocycles. The Morgan fingerprint density at radius 2 is 1.95 bits per heavy atom. The highest BCUT2D eigenvalue weighted by Gasteiger charge is 2.32. The summed E-state index contributed by atoms with van der Waals surface area (Å²) < 4.78 is 7.47. The third-order valence-electron chi connectivity index (χ3n) is 7.84. The topological polar surface area (TPSA) is 98.1 Å². The Morgan fingerprint density at radius 3 is 2.56 bits per heavy atom. The van der Waals surface area contributed by atoms with Gasteiger partial charge in [0.15, 0.2) is 5.13 Å². The number of nitrogens with one attached hydrogen (secondary N) is 2. The monoisotopic (exact) mass is 581 g/mol. The fourth-order valence-corrected chi connectivity index (χ4v) is 5.29. The van der Waals surface area contributed by atoms with Gasteiger partial charge in [0, 0.05) is 35.6 Å². The molecule has 2 atom stereocenters. The summed E-state index contributed by atoms with van der Waals surface area (Å²) in [5, 5.41) is 7.64. The van der Waals surface area contributed by atoms with E-state index < -0.39 is 0 Å². The van der Waals surface area contributed by atoms with Crippen molar-refractivity contribution in [1.29, 1.82) is 0 Å². The van der Waals surface area contributed by atoms with Crippen molar-refractivity contribution in [1.82, 2.24) is 19.9 Å². The predicted molar refractivity (Wildman–Crippen MR) is 167 cm³/mol. The lowest BCUT2D eigenvalue weighted by Crippen LogP contribution is -2.32. The number of aromatic nitrogens is 3. The fraction of sp³-hybridized carbons (Fsp3) is 0.562. The quantitative estimate of drug-likeness (QED) is 0.267. The zero-order chi connectivity index (χ0) is 30.0. The number of rotatable bonds is 10. The van der Waals surface area contributed by atoms with Crippen LogP contribution in [0, 0.1) is 18.3 Å². The Labute approximate surface area is 249 Å². The number of ether oxygens (including phenoxy) is 1. The molecule has 4 heterocycles. The maximum Gasteiger partial charge on any atom is 0.253 e. The van der Waals surface area contributed by atoms with E-state index in [-0.39, 0.29) is 23.9 Å². The van der Waals surface area contributed by atoms with Gasteiger partial charge >= 0.3 is 0 Å². The minimum Gasteiger partial charge on any atom is -0.381 e. The molecular formula is C32H47N5O3S. The lowest BCUT2D eigenvalue weighted by molar-refractivity contribution is -0.115. The van der Waals surface area contributed by atoms with E-state index in [1.165, 1.54) is 43.4 Å². The summed E-state index contributed by atoms with van der Waals surface area (Å²) in [6, 6.07) is 7.44. The number of hydrogen-bond donors (Lipinski definition) is 2. The molecule has 8 nitrogen and oxygen atoms in total. The van der Waals surface area contributed by atoms with Gasteiger partial charge in [0.1, 0.15) is 5.69 Å². The van der Waals surface area contributed by atoms with Crippen LogP contribution in [0.4, 0.5) is 5.13 Å². The molecule has 2 unspecified atom stereocenters. The highest BCUT2D eigenvalue weighted by atomic mass is 32.1. The van der Waals surface area contributed by atoms with Gasteiger partial charge in [0.2, 0.25) is 5.91 Å². The SMILES string of the molecule is CCC(C)CCC1(CC)CCOC1.Cc1cccc(-c2csc(NC(=O)CNC(=O)c3ccn(C(C)(C)C)c3)n2)n1. The molecule has 3 aromatic heterocycles. The lowest BCUT2D eigenvalue weighted by Gasteiger charge is -2.26. The summed E-state index contributed by atoms with van der Waals surface area (Å²) in [6.45, 7) is 16.9. The average molecular weight is 582 g/mol. The second-order valence-corrected chi connectivity index (χ2v) is 13.0. The minimum absolute atomic E-state index is 0.107. The van der Waals surface area contributed by atoms with Gasteiger partial charge in [-0.2, -0.15) is 0 Å². The normalized spacial score (nSPS) is 17.4. The van der Waals surface area contributed by atoms with Crippen LogP contribution >= 0.6 is 11.3 Å². The standard InChI is InChI=1S/C20H23N5O2S.C12H24O/c1-13-6-5-7-15(22-13)16-12-28-19(23-16)24-17(26)10-21-18(27)14-8-9-25(11-14)20(2,3)4;1-4-11(3)6-7-12(5-2)8-9-13-10-12/h5-9,11-12H,10H2,1-4H3,(H,21,27)(H,23,24,26);11H,4-10H2,1-3H3. The number of aryl methyl sites for hydroxylation is 1. The van der Waals surface area contributed by atoms with Crippen LogP contribution in [0.15, 0.2) is 42.0 Å². The van der Waals surface area contributed by atoms with Crippen molar-refractivity contribution in [3.05, 3.63) is 53.3 Å². The molecule has 2 amide bonds. The van der Waals surface area contributed by atoms with E-state index in [9.17, 15) is 9.59 Å². The predicted octanol–water partition coefficient (Wildman–Crippen LogP) is 7.07. The van der Waals surface area contributed by atoms with E-state index in [1.807, 2.05) is 41.3 Å². The first-order valence-corrected chi connectivity index (χ1v) is 15.6. The molecule has 0 bridgehead atoms. The Hall–Kier alpha value is -3.04. The molecule has 1 aliphatic rings. The molecule has 2 N–H and O–H groups in total. The van der Waals surface area contributed by atoms with Crippen LogP contribution in [0.5, 0.6) is 0 Å². The fourth-order valence-electron chi connectivity index (χ4n) is 4.57. The second kappa shape index (κ2) is 14.7.